The fraction of sp³-hybridized carbons (Fsp3) is 0.500. The molecule has 82 valence electrons. The van der Waals surface area contributed by atoms with Crippen LogP contribution in [0, 0.1) is 0 Å². The molecule has 0 aromatic carbocycles. The van der Waals surface area contributed by atoms with E-state index in [1.165, 1.54) is 11.8 Å². The molecule has 1 aliphatic rings. The lowest BCUT2D eigenvalue weighted by Gasteiger charge is -2.18. The van der Waals surface area contributed by atoms with Gasteiger partial charge in [-0.1, -0.05) is 0 Å². The van der Waals surface area contributed by atoms with Crippen LogP contribution in [0.25, 0.3) is 0 Å². The molecule has 0 spiro atoms. The van der Waals surface area contributed by atoms with Crippen LogP contribution in [0.15, 0.2) is 0 Å². The van der Waals surface area contributed by atoms with Gasteiger partial charge in [0.25, 0.3) is 0 Å². The summed E-state index contributed by atoms with van der Waals surface area (Å²) in [6, 6.07) is -0.706. The van der Waals surface area contributed by atoms with Gasteiger partial charge in [-0.3, -0.25) is 19.3 Å². The maximum Gasteiger partial charge on any atom is 0.249 e. The third-order valence-corrected chi connectivity index (χ3v) is 2.37. The van der Waals surface area contributed by atoms with Crippen LogP contribution in [0.4, 0.5) is 0 Å². The largest absolute Gasteiger partial charge is 0.370 e. The lowest BCUT2D eigenvalue weighted by molar-refractivity contribution is -0.131. The Morgan fingerprint density at radius 1 is 1.60 bits per heavy atom. The molecular formula is C8H11N3O3S. The molecule has 0 aromatic heterocycles. The lowest BCUT2D eigenvalue weighted by atomic mass is 10.1. The van der Waals surface area contributed by atoms with Crippen molar-refractivity contribution in [2.24, 2.45) is 5.73 Å². The molecule has 1 atom stereocenters. The van der Waals surface area contributed by atoms with Gasteiger partial charge in [-0.2, -0.15) is 0 Å². The summed E-state index contributed by atoms with van der Waals surface area (Å²) in [5.74, 6) is -1.20. The van der Waals surface area contributed by atoms with Crippen molar-refractivity contribution in [3.05, 3.63) is 0 Å². The van der Waals surface area contributed by atoms with E-state index in [0.717, 1.165) is 0 Å². The minimum Gasteiger partial charge on any atom is -0.370 e. The van der Waals surface area contributed by atoms with Crippen molar-refractivity contribution < 1.29 is 14.4 Å². The zero-order valence-corrected chi connectivity index (χ0v) is 8.97. The second-order valence-electron chi connectivity index (χ2n) is 3.20. The number of carbonyl (C=O) groups excluding carboxylic acids is 3. The summed E-state index contributed by atoms with van der Waals surface area (Å²) in [6.07, 6.45) is 0.241. The molecule has 0 saturated carbocycles. The van der Waals surface area contributed by atoms with Crippen molar-refractivity contribution in [3.8, 4) is 0 Å². The predicted octanol–water partition coefficient (Wildman–Crippen LogP) is -1.12. The van der Waals surface area contributed by atoms with Gasteiger partial charge in [0.2, 0.25) is 17.7 Å². The van der Waals surface area contributed by atoms with E-state index < -0.39 is 11.9 Å². The number of nitrogens with two attached hydrogens (primary N) is 1. The smallest absolute Gasteiger partial charge is 0.249 e. The molecule has 0 unspecified atom stereocenters. The Kier molecular flexibility index (Phi) is 3.35. The van der Waals surface area contributed by atoms with Gasteiger partial charge in [0.05, 0.1) is 0 Å². The maximum absolute atomic E-state index is 11.4. The molecule has 1 aliphatic heterocycles. The van der Waals surface area contributed by atoms with E-state index in [-0.39, 0.29) is 29.8 Å². The van der Waals surface area contributed by atoms with Gasteiger partial charge in [-0.25, -0.2) is 0 Å². The molecule has 0 aromatic rings. The van der Waals surface area contributed by atoms with Gasteiger partial charge in [0.15, 0.2) is 5.11 Å². The van der Waals surface area contributed by atoms with Crippen LogP contribution < -0.4 is 11.1 Å². The Balaban J connectivity index is 2.74. The number of hydrogen-bond acceptors (Lipinski definition) is 4. The quantitative estimate of drug-likeness (QED) is 0.600. The number of thiocarbonyl (C=S) groups is 1. The molecule has 0 radical (unpaired) electrons. The van der Waals surface area contributed by atoms with Crippen molar-refractivity contribution in [1.82, 2.24) is 10.2 Å². The van der Waals surface area contributed by atoms with E-state index in [4.69, 9.17) is 18.0 Å². The van der Waals surface area contributed by atoms with Gasteiger partial charge >= 0.3 is 0 Å². The zero-order chi connectivity index (χ0) is 11.6. The summed E-state index contributed by atoms with van der Waals surface area (Å²) in [5, 5.41) is 2.45. The molecule has 15 heavy (non-hydrogen) atoms. The summed E-state index contributed by atoms with van der Waals surface area (Å²) in [5.41, 5.74) is 4.97. The molecule has 0 bridgehead atoms. The van der Waals surface area contributed by atoms with E-state index in [2.05, 4.69) is 5.32 Å². The van der Waals surface area contributed by atoms with E-state index >= 15 is 0 Å². The van der Waals surface area contributed by atoms with Crippen LogP contribution in [-0.4, -0.2) is 33.8 Å². The average molecular weight is 229 g/mol. The lowest BCUT2D eigenvalue weighted by Crippen LogP contribution is -2.39. The van der Waals surface area contributed by atoms with Crippen molar-refractivity contribution in [3.63, 3.8) is 0 Å². The Morgan fingerprint density at radius 2 is 2.20 bits per heavy atom. The topological polar surface area (TPSA) is 92.5 Å². The summed E-state index contributed by atoms with van der Waals surface area (Å²) >= 11 is 4.81. The normalized spacial score (nSPS) is 20.3. The number of primary amides is 1. The molecule has 7 heteroatoms. The van der Waals surface area contributed by atoms with E-state index in [1.54, 1.807) is 0 Å². The van der Waals surface area contributed by atoms with Gasteiger partial charge in [0.1, 0.15) is 6.04 Å². The van der Waals surface area contributed by atoms with Crippen molar-refractivity contribution in [2.75, 3.05) is 0 Å². The highest BCUT2D eigenvalue weighted by molar-refractivity contribution is 7.80. The molecule has 1 heterocycles. The molecular weight excluding hydrogens is 218 g/mol. The van der Waals surface area contributed by atoms with E-state index in [0.29, 0.717) is 0 Å². The highest BCUT2D eigenvalue weighted by atomic mass is 32.1. The van der Waals surface area contributed by atoms with Crippen molar-refractivity contribution in [2.45, 2.75) is 25.8 Å². The van der Waals surface area contributed by atoms with Gasteiger partial charge in [-0.05, 0) is 18.6 Å². The van der Waals surface area contributed by atoms with Crippen LogP contribution in [0.2, 0.25) is 0 Å². The van der Waals surface area contributed by atoms with Crippen LogP contribution >= 0.6 is 12.2 Å². The molecule has 3 N–H and O–H groups in total. The van der Waals surface area contributed by atoms with Crippen LogP contribution in [0.1, 0.15) is 19.8 Å². The van der Waals surface area contributed by atoms with E-state index in [9.17, 15) is 14.4 Å². The minimum atomic E-state index is -0.706. The SMILES string of the molecule is CC(=O)N1C(=S)NC(=O)[C@@H]1CCC(N)=O. The summed E-state index contributed by atoms with van der Waals surface area (Å²) < 4.78 is 0. The highest BCUT2D eigenvalue weighted by Crippen LogP contribution is 2.14. The summed E-state index contributed by atoms with van der Waals surface area (Å²) in [4.78, 5) is 34.3. The van der Waals surface area contributed by atoms with Crippen molar-refractivity contribution in [1.29, 1.82) is 0 Å². The Hall–Kier alpha value is -1.50. The molecule has 1 rings (SSSR count). The number of nitrogens with one attached hydrogen (secondary N) is 1. The standard InChI is InChI=1S/C8H11N3O3S/c1-4(12)11-5(2-3-6(9)13)7(14)10-8(11)15/h5H,2-3H2,1H3,(H2,9,13)(H,10,14,15)/t5-/m0/s1. The molecule has 6 nitrogen and oxygen atoms in total. The number of rotatable bonds is 3. The summed E-state index contributed by atoms with van der Waals surface area (Å²) in [6.45, 7) is 1.31. The minimum absolute atomic E-state index is 0.0461. The number of hydrogen-bond donors (Lipinski definition) is 2. The van der Waals surface area contributed by atoms with Gasteiger partial charge < -0.3 is 11.1 Å². The Morgan fingerprint density at radius 3 is 2.67 bits per heavy atom. The van der Waals surface area contributed by atoms with Crippen LogP contribution in [-0.2, 0) is 14.4 Å². The van der Waals surface area contributed by atoms with Crippen molar-refractivity contribution >= 4 is 35.1 Å². The first-order valence-electron chi connectivity index (χ1n) is 4.36. The fourth-order valence-electron chi connectivity index (χ4n) is 1.41. The average Bonchev–Trinajstić information content (AvgIpc) is 2.37. The van der Waals surface area contributed by atoms with Crippen LogP contribution in [0.3, 0.4) is 0 Å². The van der Waals surface area contributed by atoms with Gasteiger partial charge in [-0.15, -0.1) is 0 Å². The first kappa shape index (κ1) is 11.6. The van der Waals surface area contributed by atoms with Crippen LogP contribution in [0.5, 0.6) is 0 Å². The molecule has 0 aliphatic carbocycles. The van der Waals surface area contributed by atoms with E-state index in [1.807, 2.05) is 0 Å². The second kappa shape index (κ2) is 4.35. The number of amides is 3. The number of nitrogens with zero attached hydrogens (tertiary/aromatic N) is 1. The predicted molar refractivity (Wildman–Crippen MR) is 55.5 cm³/mol. The fourth-order valence-corrected chi connectivity index (χ4v) is 1.77. The first-order valence-corrected chi connectivity index (χ1v) is 4.77. The maximum atomic E-state index is 11.4. The Labute approximate surface area is 91.8 Å². The summed E-state index contributed by atoms with van der Waals surface area (Å²) in [7, 11) is 0. The second-order valence-corrected chi connectivity index (χ2v) is 3.59. The molecule has 3 amide bonds. The third-order valence-electron chi connectivity index (χ3n) is 2.07. The Bertz CT molecular complexity index is 342. The zero-order valence-electron chi connectivity index (χ0n) is 8.15. The van der Waals surface area contributed by atoms with Gasteiger partial charge in [0, 0.05) is 13.3 Å². The number of carbonyl (C=O) groups is 3. The first-order chi connectivity index (χ1) is 6.93. The molecule has 1 saturated heterocycles. The monoisotopic (exact) mass is 229 g/mol. The highest BCUT2D eigenvalue weighted by Gasteiger charge is 2.37. The third kappa shape index (κ3) is 2.50. The molecule has 1 fully saturated rings.